The zero-order chi connectivity index (χ0) is 13.0. The number of nitrogens with one attached hydrogen (secondary N) is 2. The van der Waals surface area contributed by atoms with Crippen LogP contribution in [0.1, 0.15) is 24.4 Å². The smallest absolute Gasteiger partial charge is 0.214 e. The maximum absolute atomic E-state index is 12.1. The molecular weight excluding hydrogens is 252 g/mol. The van der Waals surface area contributed by atoms with Crippen molar-refractivity contribution >= 4 is 10.0 Å². The lowest BCUT2D eigenvalue weighted by Gasteiger charge is -2.22. The summed E-state index contributed by atoms with van der Waals surface area (Å²) in [5.41, 5.74) is 0.694. The van der Waals surface area contributed by atoms with Gasteiger partial charge in [-0.1, -0.05) is 0 Å². The zero-order valence-corrected chi connectivity index (χ0v) is 11.2. The Hall–Kier alpha value is -1.05. The van der Waals surface area contributed by atoms with Gasteiger partial charge < -0.3 is 5.32 Å². The molecule has 1 fully saturated rings. The van der Waals surface area contributed by atoms with Gasteiger partial charge in [0.05, 0.1) is 17.5 Å². The van der Waals surface area contributed by atoms with Gasteiger partial charge in [-0.25, -0.2) is 23.1 Å². The molecule has 1 aromatic rings. The number of hydrogen-bond acceptors (Lipinski definition) is 5. The molecule has 0 amide bonds. The molecule has 1 aliphatic rings. The van der Waals surface area contributed by atoms with Gasteiger partial charge in [0, 0.05) is 6.20 Å². The van der Waals surface area contributed by atoms with Crippen molar-refractivity contribution in [2.45, 2.75) is 31.6 Å². The van der Waals surface area contributed by atoms with Crippen molar-refractivity contribution in [1.82, 2.24) is 20.0 Å². The number of aryl methyl sites for hydroxylation is 1. The molecule has 0 saturated carbocycles. The molecule has 0 unspecified atom stereocenters. The first-order valence-corrected chi connectivity index (χ1v) is 7.60. The van der Waals surface area contributed by atoms with Crippen LogP contribution in [-0.4, -0.2) is 36.7 Å². The molecule has 7 heteroatoms. The van der Waals surface area contributed by atoms with Crippen LogP contribution in [0.25, 0.3) is 0 Å². The van der Waals surface area contributed by atoms with E-state index in [2.05, 4.69) is 20.0 Å². The van der Waals surface area contributed by atoms with Crippen LogP contribution in [0.5, 0.6) is 0 Å². The molecule has 2 heterocycles. The van der Waals surface area contributed by atoms with Crippen LogP contribution in [0.2, 0.25) is 0 Å². The minimum atomic E-state index is -3.24. The summed E-state index contributed by atoms with van der Waals surface area (Å²) in [6, 6.07) is 1.72. The molecule has 100 valence electrons. The van der Waals surface area contributed by atoms with Gasteiger partial charge >= 0.3 is 0 Å². The number of aromatic nitrogens is 2. The Morgan fingerprint density at radius 2 is 2.17 bits per heavy atom. The highest BCUT2D eigenvalue weighted by molar-refractivity contribution is 7.90. The summed E-state index contributed by atoms with van der Waals surface area (Å²) in [6.45, 7) is 3.54. The number of nitrogens with zero attached hydrogens (tertiary/aromatic N) is 2. The fourth-order valence-corrected chi connectivity index (χ4v) is 3.44. The molecule has 1 aliphatic heterocycles. The van der Waals surface area contributed by atoms with Gasteiger partial charge in [-0.2, -0.15) is 0 Å². The standard InChI is InChI=1S/C11H18N4O2S/c1-9-13-7-2-10(15-9)8-14-18(16,17)11-3-5-12-6-4-11/h2,7,11-12,14H,3-6,8H2,1H3. The van der Waals surface area contributed by atoms with Crippen LogP contribution in [-0.2, 0) is 16.6 Å². The third-order valence-electron chi connectivity index (χ3n) is 3.01. The van der Waals surface area contributed by atoms with Crippen LogP contribution >= 0.6 is 0 Å². The van der Waals surface area contributed by atoms with Gasteiger partial charge in [-0.3, -0.25) is 0 Å². The predicted molar refractivity (Wildman–Crippen MR) is 68.4 cm³/mol. The lowest BCUT2D eigenvalue weighted by atomic mass is 10.2. The Morgan fingerprint density at radius 3 is 2.83 bits per heavy atom. The Balaban J connectivity index is 1.96. The molecule has 18 heavy (non-hydrogen) atoms. The molecule has 0 aromatic carbocycles. The van der Waals surface area contributed by atoms with Gasteiger partial charge in [0.2, 0.25) is 10.0 Å². The first-order valence-electron chi connectivity index (χ1n) is 6.05. The molecule has 1 aromatic heterocycles. The van der Waals surface area contributed by atoms with Crippen molar-refractivity contribution in [3.05, 3.63) is 23.8 Å². The Kier molecular flexibility index (Phi) is 4.26. The van der Waals surface area contributed by atoms with Gasteiger partial charge in [-0.15, -0.1) is 0 Å². The van der Waals surface area contributed by atoms with Crippen LogP contribution in [0.15, 0.2) is 12.3 Å². The summed E-state index contributed by atoms with van der Waals surface area (Å²) in [5, 5.41) is 2.87. The van der Waals surface area contributed by atoms with Crippen LogP contribution in [0, 0.1) is 6.92 Å². The summed E-state index contributed by atoms with van der Waals surface area (Å²) in [7, 11) is -3.24. The van der Waals surface area contributed by atoms with Crippen molar-refractivity contribution in [2.75, 3.05) is 13.1 Å². The second-order valence-corrected chi connectivity index (χ2v) is 6.46. The lowest BCUT2D eigenvalue weighted by molar-refractivity contribution is 0.489. The zero-order valence-electron chi connectivity index (χ0n) is 10.4. The fourth-order valence-electron chi connectivity index (χ4n) is 2.00. The highest BCUT2D eigenvalue weighted by atomic mass is 32.2. The normalized spacial score (nSPS) is 17.8. The Bertz CT molecular complexity index is 498. The van der Waals surface area contributed by atoms with Gasteiger partial charge in [0.1, 0.15) is 5.82 Å². The second-order valence-electron chi connectivity index (χ2n) is 4.41. The average Bonchev–Trinajstić information content (AvgIpc) is 2.38. The minimum absolute atomic E-state index is 0.232. The van der Waals surface area contributed by atoms with E-state index in [0.29, 0.717) is 24.4 Å². The van der Waals surface area contributed by atoms with E-state index in [1.807, 2.05) is 0 Å². The predicted octanol–water partition coefficient (Wildman–Crippen LogP) is -0.0436. The molecule has 2 N–H and O–H groups in total. The fraction of sp³-hybridized carbons (Fsp3) is 0.636. The van der Waals surface area contributed by atoms with Crippen molar-refractivity contribution in [3.63, 3.8) is 0 Å². The highest BCUT2D eigenvalue weighted by Gasteiger charge is 2.26. The quantitative estimate of drug-likeness (QED) is 0.802. The number of sulfonamides is 1. The Morgan fingerprint density at radius 1 is 1.44 bits per heavy atom. The largest absolute Gasteiger partial charge is 0.317 e. The monoisotopic (exact) mass is 270 g/mol. The van der Waals surface area contributed by atoms with E-state index in [4.69, 9.17) is 0 Å². The topological polar surface area (TPSA) is 84.0 Å². The van der Waals surface area contributed by atoms with Crippen molar-refractivity contribution < 1.29 is 8.42 Å². The third kappa shape index (κ3) is 3.47. The van der Waals surface area contributed by atoms with E-state index in [0.717, 1.165) is 13.1 Å². The maximum atomic E-state index is 12.1. The number of rotatable bonds is 4. The molecule has 6 nitrogen and oxygen atoms in total. The minimum Gasteiger partial charge on any atom is -0.317 e. The van der Waals surface area contributed by atoms with E-state index in [-0.39, 0.29) is 11.8 Å². The Labute approximate surface area is 107 Å². The summed E-state index contributed by atoms with van der Waals surface area (Å²) < 4.78 is 26.7. The summed E-state index contributed by atoms with van der Waals surface area (Å²) in [4.78, 5) is 8.15. The molecule has 1 saturated heterocycles. The van der Waals surface area contributed by atoms with Crippen LogP contribution in [0.4, 0.5) is 0 Å². The van der Waals surface area contributed by atoms with Crippen LogP contribution in [0.3, 0.4) is 0 Å². The first-order chi connectivity index (χ1) is 8.58. The highest BCUT2D eigenvalue weighted by Crippen LogP contribution is 2.12. The van der Waals surface area contributed by atoms with Gasteiger partial charge in [0.25, 0.3) is 0 Å². The number of piperidine rings is 1. The van der Waals surface area contributed by atoms with Crippen molar-refractivity contribution in [1.29, 1.82) is 0 Å². The summed E-state index contributed by atoms with van der Waals surface area (Å²) in [6.07, 6.45) is 2.97. The summed E-state index contributed by atoms with van der Waals surface area (Å²) >= 11 is 0. The summed E-state index contributed by atoms with van der Waals surface area (Å²) in [5.74, 6) is 0.647. The molecule has 0 spiro atoms. The van der Waals surface area contributed by atoms with E-state index in [9.17, 15) is 8.42 Å². The molecule has 0 aliphatic carbocycles. The van der Waals surface area contributed by atoms with E-state index >= 15 is 0 Å². The third-order valence-corrected chi connectivity index (χ3v) is 4.91. The molecule has 0 radical (unpaired) electrons. The SMILES string of the molecule is Cc1nccc(CNS(=O)(=O)C2CCNCC2)n1. The van der Waals surface area contributed by atoms with Crippen molar-refractivity contribution in [3.8, 4) is 0 Å². The lowest BCUT2D eigenvalue weighted by Crippen LogP contribution is -2.41. The van der Waals surface area contributed by atoms with E-state index < -0.39 is 10.0 Å². The maximum Gasteiger partial charge on any atom is 0.214 e. The molecular formula is C11H18N4O2S. The van der Waals surface area contributed by atoms with Gasteiger partial charge in [0.15, 0.2) is 0 Å². The first kappa shape index (κ1) is 13.4. The van der Waals surface area contributed by atoms with Crippen LogP contribution < -0.4 is 10.0 Å². The molecule has 2 rings (SSSR count). The average molecular weight is 270 g/mol. The molecule has 0 bridgehead atoms. The number of hydrogen-bond donors (Lipinski definition) is 2. The van der Waals surface area contributed by atoms with E-state index in [1.165, 1.54) is 0 Å². The van der Waals surface area contributed by atoms with Gasteiger partial charge in [-0.05, 0) is 38.9 Å². The molecule has 0 atom stereocenters. The van der Waals surface area contributed by atoms with E-state index in [1.54, 1.807) is 19.2 Å². The second kappa shape index (κ2) is 5.73. The van der Waals surface area contributed by atoms with Crippen molar-refractivity contribution in [2.24, 2.45) is 0 Å².